The summed E-state index contributed by atoms with van der Waals surface area (Å²) in [6.45, 7) is 19.7. The summed E-state index contributed by atoms with van der Waals surface area (Å²) >= 11 is 0. The topological polar surface area (TPSA) is 29.5 Å². The lowest BCUT2D eigenvalue weighted by Crippen LogP contribution is -2.43. The van der Waals surface area contributed by atoms with Gasteiger partial charge in [-0.3, -0.25) is 0 Å². The molecule has 0 spiro atoms. The summed E-state index contributed by atoms with van der Waals surface area (Å²) < 4.78 is 6.43. The van der Waals surface area contributed by atoms with Crippen LogP contribution in [0.3, 0.4) is 0 Å². The minimum absolute atomic E-state index is 0.168. The summed E-state index contributed by atoms with van der Waals surface area (Å²) in [5.74, 6) is 1.91. The molecule has 0 fully saturated rings. The number of benzene rings is 1. The number of hydrogen-bond acceptors (Lipinski definition) is 2. The minimum atomic E-state index is -1.86. The molecule has 0 aliphatic heterocycles. The van der Waals surface area contributed by atoms with Gasteiger partial charge in [-0.05, 0) is 42.1 Å². The van der Waals surface area contributed by atoms with E-state index in [1.165, 1.54) is 0 Å². The number of aromatic hydroxyl groups is 1. The fraction of sp³-hybridized carbons (Fsp3) is 0.667. The van der Waals surface area contributed by atoms with Crippen LogP contribution in [0, 0.1) is 0 Å². The predicted molar refractivity (Wildman–Crippen MR) is 94.1 cm³/mol. The van der Waals surface area contributed by atoms with Crippen LogP contribution in [0.2, 0.25) is 18.1 Å². The van der Waals surface area contributed by atoms with E-state index in [1.807, 2.05) is 12.1 Å². The molecule has 0 amide bonds. The van der Waals surface area contributed by atoms with E-state index in [1.54, 1.807) is 0 Å². The Balaban J connectivity index is 3.32. The molecular weight excluding hydrogens is 276 g/mol. The molecule has 0 heterocycles. The summed E-state index contributed by atoms with van der Waals surface area (Å²) in [7, 11) is -1.86. The van der Waals surface area contributed by atoms with Crippen LogP contribution in [0.4, 0.5) is 0 Å². The van der Waals surface area contributed by atoms with E-state index < -0.39 is 8.32 Å². The molecule has 1 rings (SSSR count). The molecule has 3 heteroatoms. The zero-order chi connectivity index (χ0) is 16.6. The lowest BCUT2D eigenvalue weighted by Gasteiger charge is -2.37. The zero-order valence-corrected chi connectivity index (χ0v) is 16.2. The Bertz CT molecular complexity index is 467. The van der Waals surface area contributed by atoms with Gasteiger partial charge in [0.25, 0.3) is 0 Å². The molecule has 1 aromatic carbocycles. The van der Waals surface area contributed by atoms with Gasteiger partial charge < -0.3 is 9.53 Å². The van der Waals surface area contributed by atoms with Crippen LogP contribution in [0.25, 0.3) is 0 Å². The average Bonchev–Trinajstić information content (AvgIpc) is 2.28. The monoisotopic (exact) mass is 308 g/mol. The maximum absolute atomic E-state index is 10.5. The summed E-state index contributed by atoms with van der Waals surface area (Å²) in [4.78, 5) is 0. The number of phenols is 1. The largest absolute Gasteiger partial charge is 0.543 e. The number of rotatable bonds is 4. The highest BCUT2D eigenvalue weighted by atomic mass is 28.4. The van der Waals surface area contributed by atoms with Crippen LogP contribution in [0.1, 0.15) is 71.4 Å². The molecule has 2 nitrogen and oxygen atoms in total. The van der Waals surface area contributed by atoms with E-state index in [0.29, 0.717) is 5.75 Å². The molecular formula is C18H32O2Si. The first-order chi connectivity index (χ1) is 9.36. The molecule has 1 aromatic rings. The maximum atomic E-state index is 10.5. The third-order valence-electron chi connectivity index (χ3n) is 4.57. The van der Waals surface area contributed by atoms with Gasteiger partial charge in [-0.1, -0.05) is 48.5 Å². The SMILES string of the molecule is CC(C)c1cc(O[Si](C)(C)C(C)(C)C)cc(C(C)C)c1O. The van der Waals surface area contributed by atoms with Gasteiger partial charge in [-0.2, -0.15) is 0 Å². The van der Waals surface area contributed by atoms with E-state index in [9.17, 15) is 5.11 Å². The highest BCUT2D eigenvalue weighted by molar-refractivity contribution is 6.74. The summed E-state index contributed by atoms with van der Waals surface area (Å²) in [5, 5.41) is 10.6. The molecule has 21 heavy (non-hydrogen) atoms. The highest BCUT2D eigenvalue weighted by Crippen LogP contribution is 2.41. The Morgan fingerprint density at radius 1 is 0.952 bits per heavy atom. The molecule has 0 unspecified atom stereocenters. The summed E-state index contributed by atoms with van der Waals surface area (Å²) in [5.41, 5.74) is 1.96. The van der Waals surface area contributed by atoms with Crippen LogP contribution in [0.5, 0.6) is 11.5 Å². The van der Waals surface area contributed by atoms with Crippen molar-refractivity contribution in [2.45, 2.75) is 78.4 Å². The van der Waals surface area contributed by atoms with Crippen molar-refractivity contribution >= 4 is 8.32 Å². The Kier molecular flexibility index (Phi) is 5.20. The second-order valence-corrected chi connectivity index (χ2v) is 12.8. The lowest BCUT2D eigenvalue weighted by atomic mass is 9.93. The number of phenolic OH excluding ortho intramolecular Hbond substituents is 1. The summed E-state index contributed by atoms with van der Waals surface area (Å²) in [6, 6.07) is 4.04. The van der Waals surface area contributed by atoms with E-state index in [0.717, 1.165) is 16.9 Å². The summed E-state index contributed by atoms with van der Waals surface area (Å²) in [6.07, 6.45) is 0. The first-order valence-corrected chi connectivity index (χ1v) is 10.8. The highest BCUT2D eigenvalue weighted by Gasteiger charge is 2.39. The van der Waals surface area contributed by atoms with Crippen LogP contribution in [-0.2, 0) is 0 Å². The van der Waals surface area contributed by atoms with Gasteiger partial charge in [0.15, 0.2) is 0 Å². The molecule has 1 N–H and O–H groups in total. The Hall–Kier alpha value is -0.963. The van der Waals surface area contributed by atoms with Gasteiger partial charge in [0.05, 0.1) is 0 Å². The molecule has 0 saturated heterocycles. The van der Waals surface area contributed by atoms with Crippen molar-refractivity contribution in [2.75, 3.05) is 0 Å². The first-order valence-electron chi connectivity index (χ1n) is 7.92. The standard InChI is InChI=1S/C18H32O2Si/c1-12(2)15-10-14(11-16(13(3)4)17(15)19)20-21(8,9)18(5,6)7/h10-13,19H,1-9H3. The molecule has 0 aromatic heterocycles. The fourth-order valence-electron chi connectivity index (χ4n) is 2.04. The van der Waals surface area contributed by atoms with Gasteiger partial charge in [0.1, 0.15) is 11.5 Å². The maximum Gasteiger partial charge on any atom is 0.250 e. The molecule has 0 radical (unpaired) electrons. The van der Waals surface area contributed by atoms with Crippen molar-refractivity contribution in [3.8, 4) is 11.5 Å². The predicted octanol–water partition coefficient (Wildman–Crippen LogP) is 6.02. The first kappa shape index (κ1) is 18.1. The van der Waals surface area contributed by atoms with Crippen LogP contribution in [0.15, 0.2) is 12.1 Å². The average molecular weight is 309 g/mol. The van der Waals surface area contributed by atoms with Crippen molar-refractivity contribution < 1.29 is 9.53 Å². The Morgan fingerprint density at radius 2 is 1.33 bits per heavy atom. The quantitative estimate of drug-likeness (QED) is 0.689. The molecule has 0 saturated carbocycles. The van der Waals surface area contributed by atoms with E-state index in [-0.39, 0.29) is 16.9 Å². The van der Waals surface area contributed by atoms with Crippen LogP contribution < -0.4 is 4.43 Å². The van der Waals surface area contributed by atoms with Crippen molar-refractivity contribution in [3.05, 3.63) is 23.3 Å². The van der Waals surface area contributed by atoms with Crippen LogP contribution in [-0.4, -0.2) is 13.4 Å². The molecule has 0 aliphatic carbocycles. The molecule has 0 aliphatic rings. The number of hydrogen-bond donors (Lipinski definition) is 1. The second kappa shape index (κ2) is 6.03. The molecule has 120 valence electrons. The van der Waals surface area contributed by atoms with Gasteiger partial charge in [-0.25, -0.2) is 0 Å². The van der Waals surface area contributed by atoms with Crippen LogP contribution >= 0.6 is 0 Å². The van der Waals surface area contributed by atoms with E-state index in [4.69, 9.17) is 4.43 Å². The van der Waals surface area contributed by atoms with Crippen molar-refractivity contribution in [1.29, 1.82) is 0 Å². The van der Waals surface area contributed by atoms with E-state index in [2.05, 4.69) is 61.6 Å². The van der Waals surface area contributed by atoms with Gasteiger partial charge in [0.2, 0.25) is 8.32 Å². The smallest absolute Gasteiger partial charge is 0.250 e. The molecule has 0 atom stereocenters. The second-order valence-electron chi connectivity index (χ2n) is 8.12. The van der Waals surface area contributed by atoms with Crippen molar-refractivity contribution in [2.24, 2.45) is 0 Å². The van der Waals surface area contributed by atoms with Gasteiger partial charge >= 0.3 is 0 Å². The fourth-order valence-corrected chi connectivity index (χ4v) is 3.05. The third-order valence-corrected chi connectivity index (χ3v) is 8.92. The van der Waals surface area contributed by atoms with Crippen molar-refractivity contribution in [3.63, 3.8) is 0 Å². The zero-order valence-electron chi connectivity index (χ0n) is 15.2. The van der Waals surface area contributed by atoms with Gasteiger partial charge in [-0.15, -0.1) is 0 Å². The lowest BCUT2D eigenvalue weighted by molar-refractivity contribution is 0.448. The third kappa shape index (κ3) is 4.03. The van der Waals surface area contributed by atoms with Crippen molar-refractivity contribution in [1.82, 2.24) is 0 Å². The Morgan fingerprint density at radius 3 is 1.62 bits per heavy atom. The van der Waals surface area contributed by atoms with E-state index >= 15 is 0 Å². The van der Waals surface area contributed by atoms with Gasteiger partial charge in [0, 0.05) is 11.1 Å². The normalized spacial score (nSPS) is 13.1. The minimum Gasteiger partial charge on any atom is -0.543 e. The molecule has 0 bridgehead atoms. The Labute approximate surface area is 131 Å².